The van der Waals surface area contributed by atoms with E-state index < -0.39 is 11.7 Å². The van der Waals surface area contributed by atoms with Crippen molar-refractivity contribution in [3.05, 3.63) is 78.4 Å². The number of alkyl halides is 3. The van der Waals surface area contributed by atoms with E-state index >= 15 is 0 Å². The van der Waals surface area contributed by atoms with Crippen molar-refractivity contribution in [3.63, 3.8) is 0 Å². The maximum atomic E-state index is 12.8. The van der Waals surface area contributed by atoms with Crippen molar-refractivity contribution in [2.24, 2.45) is 0 Å². The topological polar surface area (TPSA) is 67.0 Å². The summed E-state index contributed by atoms with van der Waals surface area (Å²) < 4.78 is 44.1. The van der Waals surface area contributed by atoms with E-state index in [1.54, 1.807) is 24.3 Å². The smallest absolute Gasteiger partial charge is 0.416 e. The highest BCUT2D eigenvalue weighted by atomic mass is 32.2. The van der Waals surface area contributed by atoms with Gasteiger partial charge in [-0.1, -0.05) is 30.0 Å². The molecular formula is C22H16F3N3O2S. The van der Waals surface area contributed by atoms with Gasteiger partial charge in [-0.15, -0.1) is 0 Å². The third-order valence-electron chi connectivity index (χ3n) is 4.25. The molecule has 0 saturated carbocycles. The molecule has 1 aromatic heterocycles. The monoisotopic (exact) mass is 443 g/mol. The largest absolute Gasteiger partial charge is 0.457 e. The highest BCUT2D eigenvalue weighted by Crippen LogP contribution is 2.31. The highest BCUT2D eigenvalue weighted by Gasteiger charge is 2.30. The van der Waals surface area contributed by atoms with Gasteiger partial charge in [-0.25, -0.2) is 4.98 Å². The molecule has 1 heterocycles. The Bertz CT molecular complexity index is 1190. The third kappa shape index (κ3) is 5.37. The van der Waals surface area contributed by atoms with Crippen LogP contribution in [0.5, 0.6) is 11.5 Å². The molecule has 0 spiro atoms. The first-order chi connectivity index (χ1) is 14.9. The lowest BCUT2D eigenvalue weighted by Crippen LogP contribution is -2.13. The Kier molecular flexibility index (Phi) is 5.85. The number of halogens is 3. The zero-order valence-corrected chi connectivity index (χ0v) is 16.8. The first-order valence-corrected chi connectivity index (χ1v) is 10.2. The van der Waals surface area contributed by atoms with Gasteiger partial charge in [0.05, 0.1) is 22.3 Å². The third-order valence-corrected chi connectivity index (χ3v) is 5.12. The summed E-state index contributed by atoms with van der Waals surface area (Å²) in [4.78, 5) is 19.2. The molecule has 5 nitrogen and oxygen atoms in total. The summed E-state index contributed by atoms with van der Waals surface area (Å²) in [7, 11) is 0. The fourth-order valence-electron chi connectivity index (χ4n) is 2.79. The van der Waals surface area contributed by atoms with Gasteiger partial charge < -0.3 is 15.0 Å². The fraction of sp³-hybridized carbons (Fsp3) is 0.0909. The second-order valence-electron chi connectivity index (χ2n) is 6.55. The minimum Gasteiger partial charge on any atom is -0.457 e. The predicted octanol–water partition coefficient (Wildman–Crippen LogP) is 6.10. The van der Waals surface area contributed by atoms with Gasteiger partial charge >= 0.3 is 6.18 Å². The summed E-state index contributed by atoms with van der Waals surface area (Å²) in [6.45, 7) is 0. The second kappa shape index (κ2) is 8.73. The number of thioether (sulfide) groups is 1. The van der Waals surface area contributed by atoms with Crippen molar-refractivity contribution in [2.75, 3.05) is 11.1 Å². The first kappa shape index (κ1) is 20.8. The van der Waals surface area contributed by atoms with E-state index in [-0.39, 0.29) is 17.2 Å². The Hall–Kier alpha value is -3.46. The van der Waals surface area contributed by atoms with Crippen LogP contribution < -0.4 is 10.1 Å². The number of nitrogens with one attached hydrogen (secondary N) is 2. The molecule has 9 heteroatoms. The second-order valence-corrected chi connectivity index (χ2v) is 7.51. The zero-order chi connectivity index (χ0) is 21.8. The quantitative estimate of drug-likeness (QED) is 0.353. The van der Waals surface area contributed by atoms with Crippen molar-refractivity contribution in [1.82, 2.24) is 9.97 Å². The molecule has 0 radical (unpaired) electrons. The number of nitrogens with zero attached hydrogens (tertiary/aromatic N) is 1. The number of H-pyrrole nitrogens is 1. The van der Waals surface area contributed by atoms with Crippen molar-refractivity contribution in [1.29, 1.82) is 0 Å². The lowest BCUT2D eigenvalue weighted by molar-refractivity contribution is -0.137. The van der Waals surface area contributed by atoms with Gasteiger partial charge in [0.2, 0.25) is 5.91 Å². The van der Waals surface area contributed by atoms with Crippen molar-refractivity contribution in [2.45, 2.75) is 11.3 Å². The molecule has 0 aliphatic rings. The molecule has 0 atom stereocenters. The van der Waals surface area contributed by atoms with Crippen LogP contribution in [0.2, 0.25) is 0 Å². The van der Waals surface area contributed by atoms with Gasteiger partial charge in [0, 0.05) is 5.69 Å². The molecule has 3 aromatic carbocycles. The van der Waals surface area contributed by atoms with Crippen LogP contribution in [-0.2, 0) is 11.0 Å². The number of amides is 1. The van der Waals surface area contributed by atoms with E-state index in [9.17, 15) is 18.0 Å². The fourth-order valence-corrected chi connectivity index (χ4v) is 3.47. The van der Waals surface area contributed by atoms with E-state index in [0.29, 0.717) is 27.9 Å². The summed E-state index contributed by atoms with van der Waals surface area (Å²) in [5.74, 6) is 1.13. The lowest BCUT2D eigenvalue weighted by Gasteiger charge is -2.07. The van der Waals surface area contributed by atoms with Crippen LogP contribution in [0.25, 0.3) is 11.0 Å². The van der Waals surface area contributed by atoms with E-state index in [1.807, 2.05) is 30.3 Å². The van der Waals surface area contributed by atoms with Crippen molar-refractivity contribution < 1.29 is 22.7 Å². The number of carbonyl (C=O) groups excluding carboxylic acids is 1. The normalized spacial score (nSPS) is 11.5. The molecule has 158 valence electrons. The van der Waals surface area contributed by atoms with Crippen LogP contribution in [0.15, 0.2) is 78.0 Å². The minimum absolute atomic E-state index is 0.0498. The van der Waals surface area contributed by atoms with Gasteiger partial charge in [0.1, 0.15) is 11.5 Å². The standard InChI is InChI=1S/C22H16F3N3O2S/c23-22(24,25)14-6-11-18-19(12-14)28-21(27-18)31-13-20(29)26-15-7-9-17(10-8-15)30-16-4-2-1-3-5-16/h1-12H,13H2,(H,26,29)(H,27,28). The van der Waals surface area contributed by atoms with Crippen LogP contribution in [0.1, 0.15) is 5.56 Å². The Morgan fingerprint density at radius 1 is 1.00 bits per heavy atom. The number of fused-ring (bicyclic) bond motifs is 1. The van der Waals surface area contributed by atoms with E-state index in [4.69, 9.17) is 4.74 Å². The van der Waals surface area contributed by atoms with Crippen molar-refractivity contribution in [3.8, 4) is 11.5 Å². The first-order valence-electron chi connectivity index (χ1n) is 9.19. The van der Waals surface area contributed by atoms with E-state index in [2.05, 4.69) is 15.3 Å². The summed E-state index contributed by atoms with van der Waals surface area (Å²) in [5, 5.41) is 3.13. The molecule has 31 heavy (non-hydrogen) atoms. The van der Waals surface area contributed by atoms with Crippen LogP contribution in [0.4, 0.5) is 18.9 Å². The number of carbonyl (C=O) groups is 1. The van der Waals surface area contributed by atoms with Crippen LogP contribution >= 0.6 is 11.8 Å². The number of aromatic amines is 1. The SMILES string of the molecule is O=C(CSc1nc2cc(C(F)(F)F)ccc2[nH]1)Nc1ccc(Oc2ccccc2)cc1. The molecule has 0 unspecified atom stereocenters. The van der Waals surface area contributed by atoms with Gasteiger partial charge in [-0.05, 0) is 54.6 Å². The van der Waals surface area contributed by atoms with E-state index in [0.717, 1.165) is 23.9 Å². The zero-order valence-electron chi connectivity index (χ0n) is 15.9. The molecular weight excluding hydrogens is 427 g/mol. The number of hydrogen-bond donors (Lipinski definition) is 2. The molecule has 2 N–H and O–H groups in total. The Labute approximate surface area is 179 Å². The molecule has 0 aliphatic heterocycles. The van der Waals surface area contributed by atoms with Gasteiger partial charge in [-0.2, -0.15) is 13.2 Å². The van der Waals surface area contributed by atoms with Crippen LogP contribution in [-0.4, -0.2) is 21.6 Å². The lowest BCUT2D eigenvalue weighted by atomic mass is 10.2. The predicted molar refractivity (Wildman–Crippen MR) is 113 cm³/mol. The number of hydrogen-bond acceptors (Lipinski definition) is 4. The van der Waals surface area contributed by atoms with Gasteiger partial charge in [0.25, 0.3) is 0 Å². The minimum atomic E-state index is -4.43. The number of benzene rings is 3. The van der Waals surface area contributed by atoms with Gasteiger partial charge in [-0.3, -0.25) is 4.79 Å². The molecule has 4 rings (SSSR count). The average molecular weight is 443 g/mol. The Morgan fingerprint density at radius 3 is 2.42 bits per heavy atom. The summed E-state index contributed by atoms with van der Waals surface area (Å²) in [6, 6.07) is 19.6. The number of anilines is 1. The number of para-hydroxylation sites is 1. The summed E-state index contributed by atoms with van der Waals surface area (Å²) >= 11 is 1.11. The summed E-state index contributed by atoms with van der Waals surface area (Å²) in [6.07, 6.45) is -4.43. The highest BCUT2D eigenvalue weighted by molar-refractivity contribution is 7.99. The molecule has 1 amide bonds. The van der Waals surface area contributed by atoms with Crippen molar-refractivity contribution >= 4 is 34.4 Å². The van der Waals surface area contributed by atoms with Crippen LogP contribution in [0.3, 0.4) is 0 Å². The van der Waals surface area contributed by atoms with E-state index in [1.165, 1.54) is 6.07 Å². The summed E-state index contributed by atoms with van der Waals surface area (Å²) in [5.41, 5.74) is 0.516. The molecule has 0 bridgehead atoms. The number of aromatic nitrogens is 2. The maximum absolute atomic E-state index is 12.8. The number of ether oxygens (including phenoxy) is 1. The molecule has 0 fully saturated rings. The van der Waals surface area contributed by atoms with Gasteiger partial charge in [0.15, 0.2) is 5.16 Å². The Balaban J connectivity index is 1.33. The molecule has 4 aromatic rings. The number of rotatable bonds is 6. The molecule has 0 saturated heterocycles. The number of imidazole rings is 1. The average Bonchev–Trinajstić information content (AvgIpc) is 3.16. The Morgan fingerprint density at radius 2 is 1.71 bits per heavy atom. The maximum Gasteiger partial charge on any atom is 0.416 e. The molecule has 0 aliphatic carbocycles. The van der Waals surface area contributed by atoms with Crippen LogP contribution in [0, 0.1) is 0 Å².